The van der Waals surface area contributed by atoms with Gasteiger partial charge in [-0.05, 0) is 36.7 Å². The van der Waals surface area contributed by atoms with Crippen LogP contribution in [0.4, 0.5) is 4.39 Å². The minimum absolute atomic E-state index is 0.103. The van der Waals surface area contributed by atoms with Gasteiger partial charge in [0.05, 0.1) is 5.56 Å². The Morgan fingerprint density at radius 1 is 1.29 bits per heavy atom. The molecule has 0 spiro atoms. The molecule has 1 heterocycles. The predicted octanol–water partition coefficient (Wildman–Crippen LogP) is 1.65. The zero-order valence-corrected chi connectivity index (χ0v) is 11.5. The fraction of sp³-hybridized carbons (Fsp3) is 0.200. The van der Waals surface area contributed by atoms with Gasteiger partial charge in [0.25, 0.3) is 0 Å². The van der Waals surface area contributed by atoms with Crippen LogP contribution in [0.5, 0.6) is 0 Å². The summed E-state index contributed by atoms with van der Waals surface area (Å²) in [4.78, 5) is 3.95. The highest BCUT2D eigenvalue weighted by molar-refractivity contribution is 5.97. The minimum Gasteiger partial charge on any atom is -0.409 e. The van der Waals surface area contributed by atoms with Crippen molar-refractivity contribution in [2.75, 3.05) is 6.54 Å². The van der Waals surface area contributed by atoms with E-state index in [1.165, 1.54) is 11.6 Å². The van der Waals surface area contributed by atoms with Gasteiger partial charge in [-0.2, -0.15) is 0 Å². The normalized spacial score (nSPS) is 11.6. The monoisotopic (exact) mass is 288 g/mol. The number of pyridine rings is 1. The Hall–Kier alpha value is -2.47. The van der Waals surface area contributed by atoms with Crippen LogP contribution < -0.4 is 11.1 Å². The maximum atomic E-state index is 14.1. The first kappa shape index (κ1) is 14.9. The molecule has 0 bridgehead atoms. The summed E-state index contributed by atoms with van der Waals surface area (Å²) in [5.41, 5.74) is 7.18. The number of nitrogens with zero attached hydrogens (tertiary/aromatic N) is 2. The molecule has 2 rings (SSSR count). The molecule has 0 radical (unpaired) electrons. The Bertz CT molecular complexity index is 616. The van der Waals surface area contributed by atoms with Gasteiger partial charge in [-0.25, -0.2) is 4.39 Å². The van der Waals surface area contributed by atoms with Crippen molar-refractivity contribution in [1.82, 2.24) is 10.3 Å². The zero-order chi connectivity index (χ0) is 15.1. The molecular formula is C15H17FN4O. The van der Waals surface area contributed by atoms with Gasteiger partial charge in [-0.15, -0.1) is 0 Å². The van der Waals surface area contributed by atoms with Gasteiger partial charge >= 0.3 is 0 Å². The van der Waals surface area contributed by atoms with Crippen LogP contribution in [0.3, 0.4) is 0 Å². The minimum atomic E-state index is -0.468. The third-order valence-corrected chi connectivity index (χ3v) is 3.12. The van der Waals surface area contributed by atoms with Crippen molar-refractivity contribution in [1.29, 1.82) is 0 Å². The van der Waals surface area contributed by atoms with Crippen LogP contribution in [0.25, 0.3) is 0 Å². The van der Waals surface area contributed by atoms with Gasteiger partial charge in [0.15, 0.2) is 5.84 Å². The Balaban J connectivity index is 1.92. The van der Waals surface area contributed by atoms with Crippen LogP contribution >= 0.6 is 0 Å². The Labute approximate surface area is 122 Å². The number of halogens is 1. The van der Waals surface area contributed by atoms with Crippen molar-refractivity contribution in [3.05, 3.63) is 65.2 Å². The zero-order valence-electron chi connectivity index (χ0n) is 11.5. The number of amidine groups is 1. The van der Waals surface area contributed by atoms with E-state index in [0.29, 0.717) is 12.1 Å². The summed E-state index contributed by atoms with van der Waals surface area (Å²) in [5.74, 6) is -0.699. The average molecular weight is 288 g/mol. The lowest BCUT2D eigenvalue weighted by atomic mass is 10.1. The summed E-state index contributed by atoms with van der Waals surface area (Å²) >= 11 is 0. The van der Waals surface area contributed by atoms with E-state index < -0.39 is 5.82 Å². The number of rotatable bonds is 6. The molecule has 1 aromatic heterocycles. The van der Waals surface area contributed by atoms with Crippen LogP contribution in [-0.4, -0.2) is 22.6 Å². The molecule has 0 unspecified atom stereocenters. The lowest BCUT2D eigenvalue weighted by molar-refractivity contribution is 0.318. The molecule has 0 aliphatic carbocycles. The summed E-state index contributed by atoms with van der Waals surface area (Å²) in [6.07, 6.45) is 4.33. The fourth-order valence-electron chi connectivity index (χ4n) is 1.97. The molecule has 21 heavy (non-hydrogen) atoms. The molecule has 5 nitrogen and oxygen atoms in total. The summed E-state index contributed by atoms with van der Waals surface area (Å²) in [6, 6.07) is 8.71. The SMILES string of the molecule is N/C(=N/O)c1cccc(CNCCc2ccncc2)c1F. The number of nitrogens with one attached hydrogen (secondary N) is 1. The molecule has 0 saturated carbocycles. The Morgan fingerprint density at radius 3 is 2.76 bits per heavy atom. The summed E-state index contributed by atoms with van der Waals surface area (Å²) < 4.78 is 14.1. The van der Waals surface area contributed by atoms with E-state index in [2.05, 4.69) is 15.5 Å². The average Bonchev–Trinajstić information content (AvgIpc) is 2.53. The van der Waals surface area contributed by atoms with Crippen molar-refractivity contribution in [2.24, 2.45) is 10.9 Å². The lowest BCUT2D eigenvalue weighted by Gasteiger charge is -2.09. The maximum Gasteiger partial charge on any atom is 0.173 e. The van der Waals surface area contributed by atoms with Crippen molar-refractivity contribution in [2.45, 2.75) is 13.0 Å². The largest absolute Gasteiger partial charge is 0.409 e. The highest BCUT2D eigenvalue weighted by Gasteiger charge is 2.10. The quantitative estimate of drug-likeness (QED) is 0.248. The molecular weight excluding hydrogens is 271 g/mol. The van der Waals surface area contributed by atoms with Crippen LogP contribution in [-0.2, 0) is 13.0 Å². The van der Waals surface area contributed by atoms with Crippen LogP contribution in [0.2, 0.25) is 0 Å². The Morgan fingerprint density at radius 2 is 2.05 bits per heavy atom. The van der Waals surface area contributed by atoms with Crippen molar-refractivity contribution in [3.8, 4) is 0 Å². The van der Waals surface area contributed by atoms with Gasteiger partial charge in [0.2, 0.25) is 0 Å². The molecule has 2 aromatic rings. The summed E-state index contributed by atoms with van der Waals surface area (Å²) in [5, 5.41) is 14.6. The molecule has 6 heteroatoms. The van der Waals surface area contributed by atoms with Crippen molar-refractivity contribution < 1.29 is 9.60 Å². The second-order valence-electron chi connectivity index (χ2n) is 4.55. The number of oxime groups is 1. The van der Waals surface area contributed by atoms with E-state index >= 15 is 0 Å². The fourth-order valence-corrected chi connectivity index (χ4v) is 1.97. The number of hydrogen-bond donors (Lipinski definition) is 3. The molecule has 4 N–H and O–H groups in total. The Kier molecular flexibility index (Phi) is 5.22. The standard InChI is InChI=1S/C15H17FN4O/c16-14-12(2-1-3-13(14)15(17)20-21)10-19-9-6-11-4-7-18-8-5-11/h1-5,7-8,19,21H,6,9-10H2,(H2,17,20). The molecule has 0 aliphatic rings. The first-order valence-electron chi connectivity index (χ1n) is 6.57. The second-order valence-corrected chi connectivity index (χ2v) is 4.55. The number of benzene rings is 1. The second kappa shape index (κ2) is 7.35. The predicted molar refractivity (Wildman–Crippen MR) is 78.6 cm³/mol. The molecule has 0 atom stereocenters. The number of nitrogens with two attached hydrogens (primary N) is 1. The molecule has 0 aliphatic heterocycles. The van der Waals surface area contributed by atoms with E-state index in [-0.39, 0.29) is 11.4 Å². The molecule has 0 saturated heterocycles. The van der Waals surface area contributed by atoms with Gasteiger partial charge in [0.1, 0.15) is 5.82 Å². The van der Waals surface area contributed by atoms with E-state index in [4.69, 9.17) is 10.9 Å². The van der Waals surface area contributed by atoms with Gasteiger partial charge in [-0.1, -0.05) is 17.3 Å². The van der Waals surface area contributed by atoms with E-state index in [1.807, 2.05) is 12.1 Å². The van der Waals surface area contributed by atoms with Crippen molar-refractivity contribution in [3.63, 3.8) is 0 Å². The van der Waals surface area contributed by atoms with Crippen LogP contribution in [0.1, 0.15) is 16.7 Å². The first-order valence-corrected chi connectivity index (χ1v) is 6.57. The van der Waals surface area contributed by atoms with E-state index in [1.54, 1.807) is 24.5 Å². The van der Waals surface area contributed by atoms with E-state index in [9.17, 15) is 4.39 Å². The van der Waals surface area contributed by atoms with Gasteiger partial charge in [-0.3, -0.25) is 4.98 Å². The van der Waals surface area contributed by atoms with Gasteiger partial charge in [0, 0.05) is 24.5 Å². The first-order chi connectivity index (χ1) is 10.2. The summed E-state index contributed by atoms with van der Waals surface area (Å²) in [6.45, 7) is 1.10. The van der Waals surface area contributed by atoms with Crippen molar-refractivity contribution >= 4 is 5.84 Å². The van der Waals surface area contributed by atoms with Crippen LogP contribution in [0.15, 0.2) is 47.9 Å². The highest BCUT2D eigenvalue weighted by Crippen LogP contribution is 2.12. The molecule has 110 valence electrons. The highest BCUT2D eigenvalue weighted by atomic mass is 19.1. The van der Waals surface area contributed by atoms with Crippen LogP contribution in [0, 0.1) is 5.82 Å². The molecule has 0 amide bonds. The number of hydrogen-bond acceptors (Lipinski definition) is 4. The lowest BCUT2D eigenvalue weighted by Crippen LogP contribution is -2.20. The van der Waals surface area contributed by atoms with Gasteiger partial charge < -0.3 is 16.3 Å². The topological polar surface area (TPSA) is 83.5 Å². The number of aromatic nitrogens is 1. The third-order valence-electron chi connectivity index (χ3n) is 3.12. The van der Waals surface area contributed by atoms with E-state index in [0.717, 1.165) is 13.0 Å². The maximum absolute atomic E-state index is 14.1. The third kappa shape index (κ3) is 4.00. The smallest absolute Gasteiger partial charge is 0.173 e. The summed E-state index contributed by atoms with van der Waals surface area (Å²) in [7, 11) is 0. The molecule has 0 fully saturated rings. The molecule has 1 aromatic carbocycles.